The summed E-state index contributed by atoms with van der Waals surface area (Å²) in [5.74, 6) is -1.57. The van der Waals surface area contributed by atoms with Crippen LogP contribution >= 0.6 is 34.8 Å². The van der Waals surface area contributed by atoms with E-state index >= 15 is 0 Å². The van der Waals surface area contributed by atoms with Gasteiger partial charge in [0.15, 0.2) is 6.61 Å². The van der Waals surface area contributed by atoms with Gasteiger partial charge in [-0.25, -0.2) is 4.79 Å². The molecule has 0 saturated heterocycles. The molecule has 1 N–H and O–H groups in total. The Kier molecular flexibility index (Phi) is 6.19. The van der Waals surface area contributed by atoms with Gasteiger partial charge in [0, 0.05) is 12.1 Å². The molecule has 2 aromatic carbocycles. The predicted molar refractivity (Wildman–Crippen MR) is 93.5 cm³/mol. The first kappa shape index (κ1) is 19.0. The van der Waals surface area contributed by atoms with Crippen molar-refractivity contribution in [1.29, 1.82) is 0 Å². The molecule has 0 aliphatic carbocycles. The molecular weight excluding hydrogens is 395 g/mol. The molecule has 0 saturated carbocycles. The van der Waals surface area contributed by atoms with E-state index in [1.807, 2.05) is 0 Å². The number of esters is 1. The van der Waals surface area contributed by atoms with E-state index in [-0.39, 0.29) is 32.0 Å². The van der Waals surface area contributed by atoms with Gasteiger partial charge in [-0.2, -0.15) is 0 Å². The number of carbonyl (C=O) groups is 2. The Labute approximate surface area is 156 Å². The molecule has 0 fully saturated rings. The number of halogens is 3. The van der Waals surface area contributed by atoms with Gasteiger partial charge in [0.25, 0.3) is 11.6 Å². The van der Waals surface area contributed by atoms with Crippen LogP contribution in [0.3, 0.4) is 0 Å². The zero-order valence-corrected chi connectivity index (χ0v) is 14.6. The van der Waals surface area contributed by atoms with Crippen molar-refractivity contribution in [1.82, 2.24) is 0 Å². The van der Waals surface area contributed by atoms with Crippen molar-refractivity contribution < 1.29 is 19.2 Å². The SMILES string of the molecule is O=C(COC(=O)c1cccc(Cl)c1Cl)Nc1cc([N+](=O)[O-])ccc1Cl. The largest absolute Gasteiger partial charge is 0.452 e. The molecule has 0 aliphatic heterocycles. The number of hydrogen-bond donors (Lipinski definition) is 1. The van der Waals surface area contributed by atoms with Gasteiger partial charge in [0.05, 0.1) is 31.2 Å². The lowest BCUT2D eigenvalue weighted by Gasteiger charge is -2.09. The summed E-state index contributed by atoms with van der Waals surface area (Å²) >= 11 is 17.5. The highest BCUT2D eigenvalue weighted by Crippen LogP contribution is 2.27. The third-order valence-corrected chi connectivity index (χ3v) is 4.09. The van der Waals surface area contributed by atoms with Crippen LogP contribution in [0.25, 0.3) is 0 Å². The van der Waals surface area contributed by atoms with E-state index in [2.05, 4.69) is 5.32 Å². The number of nitrogens with zero attached hydrogens (tertiary/aromatic N) is 1. The Bertz CT molecular complexity index is 857. The zero-order chi connectivity index (χ0) is 18.6. The van der Waals surface area contributed by atoms with E-state index < -0.39 is 23.4 Å². The Morgan fingerprint density at radius 2 is 1.84 bits per heavy atom. The third-order valence-electron chi connectivity index (χ3n) is 2.94. The summed E-state index contributed by atoms with van der Waals surface area (Å²) in [6, 6.07) is 7.96. The minimum atomic E-state index is -0.840. The van der Waals surface area contributed by atoms with Crippen LogP contribution in [0.4, 0.5) is 11.4 Å². The molecule has 0 spiro atoms. The maximum absolute atomic E-state index is 11.9. The van der Waals surface area contributed by atoms with E-state index in [1.54, 1.807) is 0 Å². The highest BCUT2D eigenvalue weighted by atomic mass is 35.5. The van der Waals surface area contributed by atoms with Crippen molar-refractivity contribution in [2.24, 2.45) is 0 Å². The molecule has 0 aliphatic rings. The maximum atomic E-state index is 11.9. The lowest BCUT2D eigenvalue weighted by atomic mass is 10.2. The number of nitro groups is 1. The van der Waals surface area contributed by atoms with Crippen molar-refractivity contribution in [3.8, 4) is 0 Å². The molecule has 7 nitrogen and oxygen atoms in total. The van der Waals surface area contributed by atoms with Crippen LogP contribution in [-0.2, 0) is 9.53 Å². The molecule has 25 heavy (non-hydrogen) atoms. The highest BCUT2D eigenvalue weighted by Gasteiger charge is 2.17. The summed E-state index contributed by atoms with van der Waals surface area (Å²) in [5.41, 5.74) is -0.213. The molecule has 0 radical (unpaired) electrons. The highest BCUT2D eigenvalue weighted by molar-refractivity contribution is 6.43. The Hall–Kier alpha value is -2.35. The molecule has 0 heterocycles. The number of nitro benzene ring substituents is 1. The summed E-state index contributed by atoms with van der Waals surface area (Å²) in [6.07, 6.45) is 0. The standard InChI is InChI=1S/C15H9Cl3N2O5/c16-10-5-4-8(20(23)24)6-12(10)19-13(21)7-25-15(22)9-2-1-3-11(17)14(9)18/h1-6H,7H2,(H,19,21). The van der Waals surface area contributed by atoms with E-state index in [4.69, 9.17) is 39.5 Å². The van der Waals surface area contributed by atoms with Crippen molar-refractivity contribution in [2.75, 3.05) is 11.9 Å². The topological polar surface area (TPSA) is 98.5 Å². The van der Waals surface area contributed by atoms with Crippen molar-refractivity contribution in [3.05, 3.63) is 67.1 Å². The molecule has 2 aromatic rings. The predicted octanol–water partition coefficient (Wildman–Crippen LogP) is 4.35. The molecule has 10 heteroatoms. The summed E-state index contributed by atoms with van der Waals surface area (Å²) in [4.78, 5) is 33.9. The Morgan fingerprint density at radius 1 is 1.12 bits per heavy atom. The number of ether oxygens (including phenoxy) is 1. The smallest absolute Gasteiger partial charge is 0.340 e. The third kappa shape index (κ3) is 4.82. The van der Waals surface area contributed by atoms with Gasteiger partial charge in [-0.1, -0.05) is 40.9 Å². The number of hydrogen-bond acceptors (Lipinski definition) is 5. The number of benzene rings is 2. The van der Waals surface area contributed by atoms with Crippen LogP contribution in [0.2, 0.25) is 15.1 Å². The molecular formula is C15H9Cl3N2O5. The summed E-state index contributed by atoms with van der Waals surface area (Å²) in [6.45, 7) is -0.638. The van der Waals surface area contributed by atoms with Crippen LogP contribution < -0.4 is 5.32 Å². The molecule has 0 bridgehead atoms. The maximum Gasteiger partial charge on any atom is 0.340 e. The van der Waals surface area contributed by atoms with E-state index in [0.29, 0.717) is 0 Å². The average Bonchev–Trinajstić information content (AvgIpc) is 2.57. The second-order valence-corrected chi connectivity index (χ2v) is 5.84. The lowest BCUT2D eigenvalue weighted by Crippen LogP contribution is -2.21. The fourth-order valence-electron chi connectivity index (χ4n) is 1.78. The number of nitrogens with one attached hydrogen (secondary N) is 1. The molecule has 130 valence electrons. The van der Waals surface area contributed by atoms with Crippen LogP contribution in [0.5, 0.6) is 0 Å². The molecule has 0 atom stereocenters. The number of non-ortho nitro benzene ring substituents is 1. The number of rotatable bonds is 5. The Morgan fingerprint density at radius 3 is 2.52 bits per heavy atom. The second-order valence-electron chi connectivity index (χ2n) is 4.65. The lowest BCUT2D eigenvalue weighted by molar-refractivity contribution is -0.384. The molecule has 1 amide bonds. The molecule has 2 rings (SSSR count). The first-order valence-electron chi connectivity index (χ1n) is 6.64. The monoisotopic (exact) mass is 402 g/mol. The van der Waals surface area contributed by atoms with Crippen LogP contribution in [0.1, 0.15) is 10.4 Å². The van der Waals surface area contributed by atoms with Gasteiger partial charge in [-0.3, -0.25) is 14.9 Å². The van der Waals surface area contributed by atoms with Crippen LogP contribution in [-0.4, -0.2) is 23.4 Å². The minimum absolute atomic E-state index is 0.00958. The fourth-order valence-corrected chi connectivity index (χ4v) is 2.32. The average molecular weight is 404 g/mol. The fraction of sp³-hybridized carbons (Fsp3) is 0.0667. The van der Waals surface area contributed by atoms with E-state index in [9.17, 15) is 19.7 Å². The van der Waals surface area contributed by atoms with Gasteiger partial charge < -0.3 is 10.1 Å². The van der Waals surface area contributed by atoms with Gasteiger partial charge >= 0.3 is 5.97 Å². The normalized spacial score (nSPS) is 10.2. The van der Waals surface area contributed by atoms with Crippen LogP contribution in [0, 0.1) is 10.1 Å². The summed E-state index contributed by atoms with van der Waals surface area (Å²) in [5, 5.41) is 13.3. The molecule has 0 unspecified atom stereocenters. The quantitative estimate of drug-likeness (QED) is 0.454. The van der Waals surface area contributed by atoms with Crippen molar-refractivity contribution in [3.63, 3.8) is 0 Å². The number of carbonyl (C=O) groups excluding carboxylic acids is 2. The number of amides is 1. The van der Waals surface area contributed by atoms with Crippen molar-refractivity contribution >= 4 is 58.1 Å². The summed E-state index contributed by atoms with van der Waals surface area (Å²) < 4.78 is 4.84. The van der Waals surface area contributed by atoms with Gasteiger partial charge in [-0.15, -0.1) is 0 Å². The summed E-state index contributed by atoms with van der Waals surface area (Å²) in [7, 11) is 0. The number of anilines is 1. The van der Waals surface area contributed by atoms with Crippen LogP contribution in [0.15, 0.2) is 36.4 Å². The second kappa shape index (κ2) is 8.15. The first-order valence-corrected chi connectivity index (χ1v) is 7.78. The molecule has 0 aromatic heterocycles. The van der Waals surface area contributed by atoms with Gasteiger partial charge in [0.1, 0.15) is 0 Å². The van der Waals surface area contributed by atoms with Crippen molar-refractivity contribution in [2.45, 2.75) is 0 Å². The van der Waals surface area contributed by atoms with Gasteiger partial charge in [-0.05, 0) is 18.2 Å². The zero-order valence-electron chi connectivity index (χ0n) is 12.3. The van der Waals surface area contributed by atoms with E-state index in [1.165, 1.54) is 30.3 Å². The first-order chi connectivity index (χ1) is 11.8. The van der Waals surface area contributed by atoms with E-state index in [0.717, 1.165) is 6.07 Å². The minimum Gasteiger partial charge on any atom is -0.452 e. The van der Waals surface area contributed by atoms with Gasteiger partial charge in [0.2, 0.25) is 0 Å². The Balaban J connectivity index is 2.01.